The molecule has 0 amide bonds. The number of aliphatic carboxylic acids is 1. The molecule has 5 nitrogen and oxygen atoms in total. The third kappa shape index (κ3) is 3.40. The molecule has 3 atom stereocenters. The highest BCUT2D eigenvalue weighted by molar-refractivity contribution is 5.77. The van der Waals surface area contributed by atoms with Gasteiger partial charge in [0, 0.05) is 6.42 Å². The van der Waals surface area contributed by atoms with Gasteiger partial charge in [-0.2, -0.15) is 0 Å². The molecule has 0 aromatic carbocycles. The maximum atomic E-state index is 11.7. The molecule has 5 heteroatoms. The van der Waals surface area contributed by atoms with Crippen LogP contribution in [0, 0.1) is 0 Å². The normalized spacial score (nSPS) is 36.7. The summed E-state index contributed by atoms with van der Waals surface area (Å²) in [4.78, 5) is 11.7. The molecule has 2 aliphatic rings. The van der Waals surface area contributed by atoms with Gasteiger partial charge in [-0.3, -0.25) is 0 Å². The molecule has 2 rings (SSSR count). The van der Waals surface area contributed by atoms with E-state index in [1.165, 1.54) is 0 Å². The van der Waals surface area contributed by atoms with Crippen molar-refractivity contribution in [2.45, 2.75) is 69.5 Å². The fraction of sp³-hybridized carbons (Fsp3) is 0.800. The van der Waals surface area contributed by atoms with Gasteiger partial charge in [0.05, 0.1) is 18.8 Å². The van der Waals surface area contributed by atoms with Crippen molar-refractivity contribution in [2.75, 3.05) is 6.61 Å². The smallest absolute Gasteiger partial charge is 0.336 e. The highest BCUT2D eigenvalue weighted by Gasteiger charge is 2.48. The van der Waals surface area contributed by atoms with Crippen molar-refractivity contribution in [3.05, 3.63) is 12.7 Å². The van der Waals surface area contributed by atoms with E-state index in [-0.39, 0.29) is 12.2 Å². The van der Waals surface area contributed by atoms with Crippen LogP contribution in [0.4, 0.5) is 0 Å². The Bertz CT molecular complexity index is 378. The van der Waals surface area contributed by atoms with Crippen molar-refractivity contribution in [3.8, 4) is 0 Å². The molecule has 0 aromatic rings. The molecule has 0 spiro atoms. The second-order valence-electron chi connectivity index (χ2n) is 6.11. The van der Waals surface area contributed by atoms with Crippen molar-refractivity contribution in [3.63, 3.8) is 0 Å². The first-order valence-electron chi connectivity index (χ1n) is 7.21. The van der Waals surface area contributed by atoms with E-state index in [1.54, 1.807) is 6.08 Å². The molecule has 0 bridgehead atoms. The van der Waals surface area contributed by atoms with E-state index in [9.17, 15) is 9.90 Å². The van der Waals surface area contributed by atoms with Gasteiger partial charge in [-0.1, -0.05) is 6.08 Å². The lowest BCUT2D eigenvalue weighted by Gasteiger charge is -2.39. The van der Waals surface area contributed by atoms with Gasteiger partial charge in [0.1, 0.15) is 0 Å². The van der Waals surface area contributed by atoms with Gasteiger partial charge >= 0.3 is 5.97 Å². The van der Waals surface area contributed by atoms with Crippen molar-refractivity contribution >= 4 is 5.97 Å². The number of carboxylic acid groups (broad SMARTS) is 1. The van der Waals surface area contributed by atoms with Crippen molar-refractivity contribution in [2.24, 2.45) is 0 Å². The average Bonchev–Trinajstić information content (AvgIpc) is 2.69. The molecule has 2 aliphatic heterocycles. The second kappa shape index (κ2) is 5.84. The quantitative estimate of drug-likeness (QED) is 0.786. The highest BCUT2D eigenvalue weighted by atomic mass is 16.7. The van der Waals surface area contributed by atoms with Gasteiger partial charge in [0.2, 0.25) is 0 Å². The Kier molecular flexibility index (Phi) is 4.52. The zero-order valence-corrected chi connectivity index (χ0v) is 12.3. The predicted octanol–water partition coefficient (Wildman–Crippen LogP) is 2.50. The topological polar surface area (TPSA) is 65.0 Å². The molecule has 0 aliphatic carbocycles. The summed E-state index contributed by atoms with van der Waals surface area (Å²) in [6.45, 7) is 7.78. The number of rotatable bonds is 5. The molecule has 1 N–H and O–H groups in total. The molecule has 2 saturated heterocycles. The van der Waals surface area contributed by atoms with Crippen LogP contribution in [-0.4, -0.2) is 41.3 Å². The maximum absolute atomic E-state index is 11.7. The molecular formula is C15H24O5. The summed E-state index contributed by atoms with van der Waals surface area (Å²) >= 11 is 0. The summed E-state index contributed by atoms with van der Waals surface area (Å²) in [5.41, 5.74) is -1.15. The SMILES string of the molecule is C=CCC1CCCC(C[C@@H]2COC(C)(C)O2)(C(=O)O)O1. The minimum absolute atomic E-state index is 0.0623. The van der Waals surface area contributed by atoms with Crippen LogP contribution in [0.2, 0.25) is 0 Å². The average molecular weight is 284 g/mol. The first-order chi connectivity index (χ1) is 9.37. The van der Waals surface area contributed by atoms with Gasteiger partial charge < -0.3 is 19.3 Å². The molecule has 0 saturated carbocycles. The van der Waals surface area contributed by atoms with Crippen molar-refractivity contribution < 1.29 is 24.1 Å². The Balaban J connectivity index is 2.06. The summed E-state index contributed by atoms with van der Waals surface area (Å²) in [5, 5.41) is 9.62. The standard InChI is InChI=1S/C15H24O5/c1-4-6-11-7-5-8-15(20-11,13(16)17)9-12-10-18-14(2,3)19-12/h4,11-12H,1,5-10H2,2-3H3,(H,16,17)/t11?,12-,15?/m1/s1. The lowest BCUT2D eigenvalue weighted by atomic mass is 9.86. The van der Waals surface area contributed by atoms with Crippen LogP contribution in [0.5, 0.6) is 0 Å². The number of carbonyl (C=O) groups is 1. The minimum Gasteiger partial charge on any atom is -0.479 e. The minimum atomic E-state index is -1.15. The second-order valence-corrected chi connectivity index (χ2v) is 6.11. The fourth-order valence-corrected chi connectivity index (χ4v) is 3.03. The van der Waals surface area contributed by atoms with Crippen LogP contribution in [0.25, 0.3) is 0 Å². The summed E-state index contributed by atoms with van der Waals surface area (Å²) in [6.07, 6.45) is 4.76. The van der Waals surface area contributed by atoms with Gasteiger partial charge in [-0.05, 0) is 39.5 Å². The van der Waals surface area contributed by atoms with Gasteiger partial charge in [-0.25, -0.2) is 4.79 Å². The van der Waals surface area contributed by atoms with E-state index < -0.39 is 17.4 Å². The Hall–Kier alpha value is -0.910. The molecule has 20 heavy (non-hydrogen) atoms. The number of hydrogen-bond donors (Lipinski definition) is 1. The zero-order valence-electron chi connectivity index (χ0n) is 12.3. The van der Waals surface area contributed by atoms with Crippen LogP contribution in [0.15, 0.2) is 12.7 Å². The van der Waals surface area contributed by atoms with E-state index in [0.717, 1.165) is 12.8 Å². The van der Waals surface area contributed by atoms with Crippen molar-refractivity contribution in [1.29, 1.82) is 0 Å². The highest BCUT2D eigenvalue weighted by Crippen LogP contribution is 2.37. The zero-order chi connectivity index (χ0) is 14.8. The summed E-state index contributed by atoms with van der Waals surface area (Å²) in [6, 6.07) is 0. The summed E-state index contributed by atoms with van der Waals surface area (Å²) in [7, 11) is 0. The predicted molar refractivity (Wildman–Crippen MR) is 73.4 cm³/mol. The first kappa shape index (κ1) is 15.5. The molecular weight excluding hydrogens is 260 g/mol. The largest absolute Gasteiger partial charge is 0.479 e. The van der Waals surface area contributed by atoms with Crippen LogP contribution in [0.3, 0.4) is 0 Å². The van der Waals surface area contributed by atoms with Crippen LogP contribution < -0.4 is 0 Å². The molecule has 2 fully saturated rings. The monoisotopic (exact) mass is 284 g/mol. The Morgan fingerprint density at radius 1 is 1.40 bits per heavy atom. The Labute approximate surface area is 119 Å². The van der Waals surface area contributed by atoms with Gasteiger partial charge in [-0.15, -0.1) is 6.58 Å². The van der Waals surface area contributed by atoms with Crippen molar-refractivity contribution in [1.82, 2.24) is 0 Å². The fourth-order valence-electron chi connectivity index (χ4n) is 3.03. The van der Waals surface area contributed by atoms with Crippen LogP contribution in [-0.2, 0) is 19.0 Å². The van der Waals surface area contributed by atoms with E-state index in [2.05, 4.69) is 6.58 Å². The van der Waals surface area contributed by atoms with Gasteiger partial charge in [0.15, 0.2) is 11.4 Å². The lowest BCUT2D eigenvalue weighted by Crippen LogP contribution is -2.49. The molecule has 0 aromatic heterocycles. The molecule has 114 valence electrons. The summed E-state index contributed by atoms with van der Waals surface area (Å²) in [5.74, 6) is -1.54. The van der Waals surface area contributed by atoms with Crippen LogP contribution >= 0.6 is 0 Å². The molecule has 2 heterocycles. The third-order valence-corrected chi connectivity index (χ3v) is 3.94. The maximum Gasteiger partial charge on any atom is 0.336 e. The van der Waals surface area contributed by atoms with E-state index in [0.29, 0.717) is 25.9 Å². The Morgan fingerprint density at radius 2 is 2.15 bits per heavy atom. The lowest BCUT2D eigenvalue weighted by molar-refractivity contribution is -0.195. The number of ether oxygens (including phenoxy) is 3. The summed E-state index contributed by atoms with van der Waals surface area (Å²) < 4.78 is 17.1. The number of hydrogen-bond acceptors (Lipinski definition) is 4. The number of carboxylic acids is 1. The molecule has 2 unspecified atom stereocenters. The van der Waals surface area contributed by atoms with Crippen LogP contribution in [0.1, 0.15) is 46.0 Å². The van der Waals surface area contributed by atoms with E-state index in [4.69, 9.17) is 14.2 Å². The van der Waals surface area contributed by atoms with E-state index in [1.807, 2.05) is 13.8 Å². The molecule has 0 radical (unpaired) electrons. The third-order valence-electron chi connectivity index (χ3n) is 3.94. The van der Waals surface area contributed by atoms with Gasteiger partial charge in [0.25, 0.3) is 0 Å². The van der Waals surface area contributed by atoms with E-state index >= 15 is 0 Å². The first-order valence-corrected chi connectivity index (χ1v) is 7.21. The Morgan fingerprint density at radius 3 is 2.70 bits per heavy atom.